The molecule has 2 aromatic rings. The van der Waals surface area contributed by atoms with E-state index < -0.39 is 0 Å². The highest BCUT2D eigenvalue weighted by molar-refractivity contribution is 5.55. The van der Waals surface area contributed by atoms with Crippen molar-refractivity contribution < 1.29 is 9.26 Å². The summed E-state index contributed by atoms with van der Waals surface area (Å²) in [5.41, 5.74) is 1.70. The van der Waals surface area contributed by atoms with E-state index in [0.717, 1.165) is 43.4 Å². The van der Waals surface area contributed by atoms with E-state index in [1.807, 2.05) is 24.3 Å². The predicted molar refractivity (Wildman–Crippen MR) is 74.2 cm³/mol. The van der Waals surface area contributed by atoms with Crippen LogP contribution in [0.4, 0.5) is 0 Å². The largest absolute Gasteiger partial charge is 0.370 e. The zero-order valence-electron chi connectivity index (χ0n) is 11.6. The molecule has 1 aromatic heterocycles. The van der Waals surface area contributed by atoms with Crippen molar-refractivity contribution in [3.8, 4) is 17.5 Å². The minimum Gasteiger partial charge on any atom is -0.370 e. The molecule has 1 saturated heterocycles. The highest BCUT2D eigenvalue weighted by atomic mass is 16.5. The third kappa shape index (κ3) is 2.12. The molecule has 5 nitrogen and oxygen atoms in total. The van der Waals surface area contributed by atoms with Gasteiger partial charge in [0, 0.05) is 12.2 Å². The van der Waals surface area contributed by atoms with Crippen molar-refractivity contribution in [3.63, 3.8) is 0 Å². The Labute approximate surface area is 122 Å². The molecule has 2 aliphatic rings. The molecular weight excluding hydrogens is 266 g/mol. The molecule has 0 bridgehead atoms. The van der Waals surface area contributed by atoms with Crippen LogP contribution in [0.25, 0.3) is 11.5 Å². The van der Waals surface area contributed by atoms with Gasteiger partial charge in [0.15, 0.2) is 0 Å². The normalized spacial score (nSPS) is 22.9. The van der Waals surface area contributed by atoms with Gasteiger partial charge in [-0.2, -0.15) is 10.2 Å². The summed E-state index contributed by atoms with van der Waals surface area (Å²) >= 11 is 0. The summed E-state index contributed by atoms with van der Waals surface area (Å²) in [6, 6.07) is 10.3. The second-order valence-corrected chi connectivity index (χ2v) is 5.73. The Bertz CT molecular complexity index is 689. The molecular formula is C16H15N3O2. The third-order valence-electron chi connectivity index (χ3n) is 4.31. The molecule has 1 aliphatic carbocycles. The minimum absolute atomic E-state index is 0.0323. The monoisotopic (exact) mass is 281 g/mol. The molecule has 2 heterocycles. The number of ether oxygens (including phenoxy) is 1. The van der Waals surface area contributed by atoms with Crippen molar-refractivity contribution in [1.82, 2.24) is 10.1 Å². The van der Waals surface area contributed by atoms with E-state index in [0.29, 0.717) is 11.7 Å². The molecule has 1 saturated carbocycles. The van der Waals surface area contributed by atoms with Gasteiger partial charge in [0.05, 0.1) is 11.5 Å². The lowest BCUT2D eigenvalue weighted by molar-refractivity contribution is 0.103. The summed E-state index contributed by atoms with van der Waals surface area (Å²) in [4.78, 5) is 4.42. The third-order valence-corrected chi connectivity index (χ3v) is 4.31. The van der Waals surface area contributed by atoms with Gasteiger partial charge in [-0.05, 0) is 43.4 Å². The van der Waals surface area contributed by atoms with Crippen molar-refractivity contribution in [2.75, 3.05) is 6.61 Å². The molecule has 1 unspecified atom stereocenters. The molecule has 21 heavy (non-hydrogen) atoms. The van der Waals surface area contributed by atoms with E-state index in [2.05, 4.69) is 16.2 Å². The topological polar surface area (TPSA) is 71.9 Å². The summed E-state index contributed by atoms with van der Waals surface area (Å²) in [6.07, 6.45) is 3.86. The quantitative estimate of drug-likeness (QED) is 0.864. The van der Waals surface area contributed by atoms with Crippen molar-refractivity contribution in [2.45, 2.75) is 37.2 Å². The fourth-order valence-electron chi connectivity index (χ4n) is 2.79. The Kier molecular flexibility index (Phi) is 2.79. The van der Waals surface area contributed by atoms with E-state index in [9.17, 15) is 5.26 Å². The summed E-state index contributed by atoms with van der Waals surface area (Å²) in [5, 5.41) is 13.2. The maximum atomic E-state index is 9.22. The predicted octanol–water partition coefficient (Wildman–Crippen LogP) is 3.14. The fraction of sp³-hybridized carbons (Fsp3) is 0.438. The number of nitriles is 1. The van der Waals surface area contributed by atoms with Gasteiger partial charge < -0.3 is 9.26 Å². The Hall–Kier alpha value is -2.19. The second-order valence-electron chi connectivity index (χ2n) is 5.73. The van der Waals surface area contributed by atoms with E-state index in [-0.39, 0.29) is 11.5 Å². The molecule has 1 aliphatic heterocycles. The van der Waals surface area contributed by atoms with Gasteiger partial charge in [-0.3, -0.25) is 0 Å². The van der Waals surface area contributed by atoms with Gasteiger partial charge in [-0.1, -0.05) is 17.3 Å². The maximum absolute atomic E-state index is 9.22. The highest BCUT2D eigenvalue weighted by Crippen LogP contribution is 2.47. The highest BCUT2D eigenvalue weighted by Gasteiger charge is 2.44. The lowest BCUT2D eigenvalue weighted by Crippen LogP contribution is -2.01. The zero-order valence-corrected chi connectivity index (χ0v) is 11.6. The van der Waals surface area contributed by atoms with E-state index in [4.69, 9.17) is 9.26 Å². The molecule has 5 heteroatoms. The molecule has 0 radical (unpaired) electrons. The van der Waals surface area contributed by atoms with Gasteiger partial charge >= 0.3 is 0 Å². The average molecular weight is 281 g/mol. The van der Waals surface area contributed by atoms with Crippen LogP contribution < -0.4 is 0 Å². The Balaban J connectivity index is 1.58. The summed E-state index contributed by atoms with van der Waals surface area (Å²) in [5.74, 6) is 1.14. The van der Waals surface area contributed by atoms with E-state index in [1.165, 1.54) is 0 Å². The van der Waals surface area contributed by atoms with Crippen LogP contribution >= 0.6 is 0 Å². The molecule has 0 N–H and O–H groups in total. The van der Waals surface area contributed by atoms with E-state index >= 15 is 0 Å². The zero-order chi connectivity index (χ0) is 14.3. The number of hydrogen-bond donors (Lipinski definition) is 0. The van der Waals surface area contributed by atoms with Gasteiger partial charge in [0.2, 0.25) is 5.82 Å². The van der Waals surface area contributed by atoms with Crippen LogP contribution in [0, 0.1) is 11.3 Å². The first kappa shape index (κ1) is 12.5. The summed E-state index contributed by atoms with van der Waals surface area (Å²) in [6.45, 7) is 0.763. The van der Waals surface area contributed by atoms with Crippen LogP contribution in [-0.4, -0.2) is 16.7 Å². The molecule has 0 amide bonds. The van der Waals surface area contributed by atoms with Crippen LogP contribution in [-0.2, 0) is 10.2 Å². The van der Waals surface area contributed by atoms with Crippen LogP contribution in [0.1, 0.15) is 43.2 Å². The molecule has 0 spiro atoms. The van der Waals surface area contributed by atoms with Crippen molar-refractivity contribution >= 4 is 0 Å². The van der Waals surface area contributed by atoms with Crippen molar-refractivity contribution in [3.05, 3.63) is 35.7 Å². The Morgan fingerprint density at radius 3 is 2.67 bits per heavy atom. The fourth-order valence-corrected chi connectivity index (χ4v) is 2.79. The second kappa shape index (κ2) is 4.68. The summed E-state index contributed by atoms with van der Waals surface area (Å²) < 4.78 is 10.9. The van der Waals surface area contributed by atoms with Gasteiger partial charge in [0.1, 0.15) is 6.10 Å². The van der Waals surface area contributed by atoms with Crippen LogP contribution in [0.5, 0.6) is 0 Å². The van der Waals surface area contributed by atoms with Gasteiger partial charge in [-0.15, -0.1) is 0 Å². The molecule has 1 aromatic carbocycles. The first-order chi connectivity index (χ1) is 10.3. The average Bonchev–Trinajstić information content (AvgIpc) is 2.94. The van der Waals surface area contributed by atoms with E-state index in [1.54, 1.807) is 0 Å². The summed E-state index contributed by atoms with van der Waals surface area (Å²) in [7, 11) is 0. The molecule has 106 valence electrons. The van der Waals surface area contributed by atoms with Gasteiger partial charge in [0.25, 0.3) is 5.89 Å². The smallest absolute Gasteiger partial charge is 0.258 e. The van der Waals surface area contributed by atoms with Crippen LogP contribution in [0.2, 0.25) is 0 Å². The Morgan fingerprint density at radius 2 is 2.05 bits per heavy atom. The van der Waals surface area contributed by atoms with Gasteiger partial charge in [-0.25, -0.2) is 0 Å². The van der Waals surface area contributed by atoms with Crippen LogP contribution in [0.15, 0.2) is 28.8 Å². The minimum atomic E-state index is -0.254. The standard InChI is InChI=1S/C16H15N3O2/c17-10-16(7-8-16)12-5-3-11(4-6-12)15-18-14(19-21-15)13-2-1-9-20-13/h3-6,13H,1-2,7-9H2. The first-order valence-electron chi connectivity index (χ1n) is 7.28. The number of rotatable bonds is 3. The number of aromatic nitrogens is 2. The molecule has 1 atom stereocenters. The first-order valence-corrected chi connectivity index (χ1v) is 7.28. The van der Waals surface area contributed by atoms with Crippen molar-refractivity contribution in [2.24, 2.45) is 0 Å². The Morgan fingerprint density at radius 1 is 1.24 bits per heavy atom. The number of nitrogens with zero attached hydrogens (tertiary/aromatic N) is 3. The molecule has 4 rings (SSSR count). The lowest BCUT2D eigenvalue weighted by Gasteiger charge is -2.05. The number of hydrogen-bond acceptors (Lipinski definition) is 5. The lowest BCUT2D eigenvalue weighted by atomic mass is 9.97. The maximum Gasteiger partial charge on any atom is 0.258 e. The number of benzene rings is 1. The van der Waals surface area contributed by atoms with Crippen molar-refractivity contribution in [1.29, 1.82) is 5.26 Å². The molecule has 2 fully saturated rings. The SMILES string of the molecule is N#CC1(c2ccc(-c3nc(C4CCCO4)no3)cc2)CC1. The van der Waals surface area contributed by atoms with Crippen LogP contribution in [0.3, 0.4) is 0 Å².